The Bertz CT molecular complexity index is 619. The summed E-state index contributed by atoms with van der Waals surface area (Å²) in [5, 5.41) is 10.3. The van der Waals surface area contributed by atoms with Crippen LogP contribution in [0.4, 0.5) is 0 Å². The zero-order valence-electron chi connectivity index (χ0n) is 16.2. The molecule has 4 atom stereocenters. The molecule has 7 heteroatoms. The predicted octanol–water partition coefficient (Wildman–Crippen LogP) is 0.534. The lowest BCUT2D eigenvalue weighted by molar-refractivity contribution is -0.148. The lowest BCUT2D eigenvalue weighted by atomic mass is 9.98. The van der Waals surface area contributed by atoms with E-state index in [2.05, 4.69) is 0 Å². The molecule has 27 heavy (non-hydrogen) atoms. The van der Waals surface area contributed by atoms with Gasteiger partial charge in [0.2, 0.25) is 18.1 Å². The molecule has 7 nitrogen and oxygen atoms in total. The van der Waals surface area contributed by atoms with Crippen LogP contribution < -0.4 is 11.5 Å². The number of carbonyl (C=O) groups is 2. The van der Waals surface area contributed by atoms with Gasteiger partial charge >= 0.3 is 0 Å². The third-order valence-electron chi connectivity index (χ3n) is 4.39. The van der Waals surface area contributed by atoms with Crippen molar-refractivity contribution in [1.29, 1.82) is 0 Å². The van der Waals surface area contributed by atoms with Crippen LogP contribution >= 0.6 is 0 Å². The van der Waals surface area contributed by atoms with Crippen LogP contribution in [0.1, 0.15) is 39.2 Å². The maximum Gasteiger partial charge on any atom is 0.246 e. The standard InChI is InChI=1S/C20H30N3O4/c1-13(2)17(12-24)23(20(27)14(3)21)19(26)10-9-18(25)16(22)11-15-7-5-4-6-8-15/h4-8,13-14,16-18,25H,9-11,21-22H2,1-3H3/t14-,16?,17+,18?/m0/s1. The van der Waals surface area contributed by atoms with Crippen LogP contribution in [-0.4, -0.2) is 52.3 Å². The average Bonchev–Trinajstić information content (AvgIpc) is 2.63. The molecule has 0 spiro atoms. The minimum atomic E-state index is -1.01. The minimum Gasteiger partial charge on any atom is -0.391 e. The Morgan fingerprint density at radius 1 is 1.15 bits per heavy atom. The van der Waals surface area contributed by atoms with Crippen LogP contribution in [0.5, 0.6) is 0 Å². The molecule has 0 fully saturated rings. The van der Waals surface area contributed by atoms with Crippen LogP contribution in [0.2, 0.25) is 0 Å². The van der Waals surface area contributed by atoms with Gasteiger partial charge < -0.3 is 16.6 Å². The quantitative estimate of drug-likeness (QED) is 0.547. The van der Waals surface area contributed by atoms with Crippen molar-refractivity contribution in [3.05, 3.63) is 35.9 Å². The number of imide groups is 1. The predicted molar refractivity (Wildman–Crippen MR) is 103 cm³/mol. The topological polar surface area (TPSA) is 127 Å². The molecule has 0 aromatic heterocycles. The van der Waals surface area contributed by atoms with E-state index in [0.717, 1.165) is 10.5 Å². The number of hydrogen-bond acceptors (Lipinski definition) is 6. The van der Waals surface area contributed by atoms with Crippen molar-refractivity contribution in [1.82, 2.24) is 4.90 Å². The van der Waals surface area contributed by atoms with Gasteiger partial charge in [-0.1, -0.05) is 44.2 Å². The van der Waals surface area contributed by atoms with E-state index in [-0.39, 0.29) is 18.8 Å². The summed E-state index contributed by atoms with van der Waals surface area (Å²) >= 11 is 0. The highest BCUT2D eigenvalue weighted by Crippen LogP contribution is 2.15. The van der Waals surface area contributed by atoms with E-state index in [0.29, 0.717) is 6.42 Å². The second-order valence-corrected chi connectivity index (χ2v) is 7.16. The van der Waals surface area contributed by atoms with Gasteiger partial charge in [0.1, 0.15) is 6.04 Å². The fraction of sp³-hybridized carbons (Fsp3) is 0.550. The molecular formula is C20H30N3O4. The van der Waals surface area contributed by atoms with Crippen LogP contribution in [0.25, 0.3) is 0 Å². The normalized spacial score (nSPS) is 15.7. The SMILES string of the molecule is CC(C)[C@@H]([C]=O)N(C(=O)CCC(O)C(N)Cc1ccccc1)C(=O)[C@H](C)N. The smallest absolute Gasteiger partial charge is 0.246 e. The third-order valence-corrected chi connectivity index (χ3v) is 4.39. The molecular weight excluding hydrogens is 346 g/mol. The fourth-order valence-electron chi connectivity index (χ4n) is 2.75. The van der Waals surface area contributed by atoms with E-state index in [1.165, 1.54) is 6.92 Å². The summed E-state index contributed by atoms with van der Waals surface area (Å²) < 4.78 is 0. The molecule has 0 bridgehead atoms. The van der Waals surface area contributed by atoms with E-state index >= 15 is 0 Å². The number of benzene rings is 1. The molecule has 0 saturated carbocycles. The lowest BCUT2D eigenvalue weighted by Crippen LogP contribution is -2.53. The number of nitrogens with two attached hydrogens (primary N) is 2. The number of amides is 2. The molecule has 149 valence electrons. The fourth-order valence-corrected chi connectivity index (χ4v) is 2.75. The Morgan fingerprint density at radius 2 is 1.74 bits per heavy atom. The van der Waals surface area contributed by atoms with Gasteiger partial charge in [-0.15, -0.1) is 0 Å². The second-order valence-electron chi connectivity index (χ2n) is 7.16. The van der Waals surface area contributed by atoms with Crippen molar-refractivity contribution < 1.29 is 19.5 Å². The van der Waals surface area contributed by atoms with E-state index in [4.69, 9.17) is 11.5 Å². The summed E-state index contributed by atoms with van der Waals surface area (Å²) in [7, 11) is 0. The zero-order valence-corrected chi connectivity index (χ0v) is 16.2. The van der Waals surface area contributed by atoms with E-state index < -0.39 is 36.0 Å². The monoisotopic (exact) mass is 376 g/mol. The Hall–Kier alpha value is -2.09. The molecule has 0 saturated heterocycles. The van der Waals surface area contributed by atoms with Gasteiger partial charge in [0.25, 0.3) is 0 Å². The molecule has 1 aromatic rings. The van der Waals surface area contributed by atoms with Gasteiger partial charge in [-0.3, -0.25) is 19.3 Å². The highest BCUT2D eigenvalue weighted by atomic mass is 16.3. The molecule has 5 N–H and O–H groups in total. The van der Waals surface area contributed by atoms with Gasteiger partial charge in [-0.2, -0.15) is 0 Å². The molecule has 0 aliphatic carbocycles. The summed E-state index contributed by atoms with van der Waals surface area (Å²) in [5.74, 6) is -1.49. The van der Waals surface area contributed by atoms with Crippen molar-refractivity contribution in [2.24, 2.45) is 17.4 Å². The van der Waals surface area contributed by atoms with Crippen LogP contribution in [0.15, 0.2) is 30.3 Å². The van der Waals surface area contributed by atoms with Crippen LogP contribution in [0.3, 0.4) is 0 Å². The largest absolute Gasteiger partial charge is 0.391 e. The number of aliphatic hydroxyl groups excluding tert-OH is 1. The maximum atomic E-state index is 12.6. The first-order chi connectivity index (χ1) is 12.7. The average molecular weight is 376 g/mol. The Balaban J connectivity index is 2.74. The van der Waals surface area contributed by atoms with Crippen LogP contribution in [0, 0.1) is 5.92 Å². The molecule has 0 aliphatic heterocycles. The van der Waals surface area contributed by atoms with Gasteiger partial charge in [0.05, 0.1) is 12.1 Å². The Morgan fingerprint density at radius 3 is 2.22 bits per heavy atom. The van der Waals surface area contributed by atoms with Gasteiger partial charge in [-0.05, 0) is 31.2 Å². The molecule has 1 rings (SSSR count). The number of aliphatic hydroxyl groups is 1. The van der Waals surface area contributed by atoms with E-state index in [9.17, 15) is 19.5 Å². The number of hydrogen-bond donors (Lipinski definition) is 3. The summed E-state index contributed by atoms with van der Waals surface area (Å²) in [6.07, 6.45) is 1.27. The lowest BCUT2D eigenvalue weighted by Gasteiger charge is -2.30. The second kappa shape index (κ2) is 10.9. The van der Waals surface area contributed by atoms with Crippen molar-refractivity contribution >= 4 is 18.1 Å². The highest BCUT2D eigenvalue weighted by molar-refractivity contribution is 6.00. The molecule has 2 unspecified atom stereocenters. The van der Waals surface area contributed by atoms with Crippen LogP contribution in [-0.2, 0) is 20.8 Å². The minimum absolute atomic E-state index is 0.0826. The van der Waals surface area contributed by atoms with E-state index in [1.807, 2.05) is 30.3 Å². The number of nitrogens with zero attached hydrogens (tertiary/aromatic N) is 1. The summed E-state index contributed by atoms with van der Waals surface area (Å²) in [5.41, 5.74) is 12.6. The molecule has 1 radical (unpaired) electrons. The van der Waals surface area contributed by atoms with Gasteiger partial charge in [0, 0.05) is 12.5 Å². The van der Waals surface area contributed by atoms with Gasteiger partial charge in [0.15, 0.2) is 0 Å². The molecule has 0 heterocycles. The Kier molecular flexibility index (Phi) is 9.28. The first kappa shape index (κ1) is 23.0. The summed E-state index contributed by atoms with van der Waals surface area (Å²) in [6.45, 7) is 4.89. The van der Waals surface area contributed by atoms with Crippen molar-refractivity contribution in [2.75, 3.05) is 0 Å². The van der Waals surface area contributed by atoms with Crippen molar-refractivity contribution in [2.45, 2.75) is 64.3 Å². The third kappa shape index (κ3) is 6.86. The van der Waals surface area contributed by atoms with Crippen molar-refractivity contribution in [3.63, 3.8) is 0 Å². The Labute approximate surface area is 160 Å². The summed E-state index contributed by atoms with van der Waals surface area (Å²) in [6, 6.07) is 7.01. The number of carbonyl (C=O) groups excluding carboxylic acids is 3. The summed E-state index contributed by atoms with van der Waals surface area (Å²) in [4.78, 5) is 37.1. The van der Waals surface area contributed by atoms with Gasteiger partial charge in [-0.25, -0.2) is 0 Å². The molecule has 1 aromatic carbocycles. The first-order valence-corrected chi connectivity index (χ1v) is 9.15. The van der Waals surface area contributed by atoms with E-state index in [1.54, 1.807) is 20.1 Å². The highest BCUT2D eigenvalue weighted by Gasteiger charge is 2.34. The number of rotatable bonds is 10. The molecule has 0 aliphatic rings. The zero-order chi connectivity index (χ0) is 20.6. The molecule has 2 amide bonds. The first-order valence-electron chi connectivity index (χ1n) is 9.15. The maximum absolute atomic E-state index is 12.6. The van der Waals surface area contributed by atoms with Crippen molar-refractivity contribution in [3.8, 4) is 0 Å².